The number of carbonyl (C=O) groups excluding carboxylic acids is 2. The topological polar surface area (TPSA) is 98.2 Å². The average Bonchev–Trinajstić information content (AvgIpc) is 3.42. The number of aromatic nitrogens is 1. The molecule has 5 rings (SSSR count). The van der Waals surface area contributed by atoms with Crippen molar-refractivity contribution < 1.29 is 28.9 Å². The molecule has 0 unspecified atom stereocenters. The maximum absolute atomic E-state index is 13.2. The van der Waals surface area contributed by atoms with E-state index in [4.69, 9.17) is 14.2 Å². The highest BCUT2D eigenvalue weighted by molar-refractivity contribution is 6.46. The number of ether oxygens (including phenoxy) is 3. The molecule has 0 saturated carbocycles. The van der Waals surface area contributed by atoms with Gasteiger partial charge in [-0.05, 0) is 47.5 Å². The summed E-state index contributed by atoms with van der Waals surface area (Å²) in [5.74, 6) is -0.108. The van der Waals surface area contributed by atoms with Crippen molar-refractivity contribution in [3.8, 4) is 17.2 Å². The lowest BCUT2D eigenvalue weighted by Crippen LogP contribution is -2.29. The SMILES string of the molecule is COc1cccc(C(O)=C2C(=O)C(=O)N(Cc3ccncc3)[C@@H]2c2ccc3c(c2)OCO3)c1. The quantitative estimate of drug-likeness (QED) is 0.366. The summed E-state index contributed by atoms with van der Waals surface area (Å²) in [7, 11) is 1.51. The summed E-state index contributed by atoms with van der Waals surface area (Å²) in [6, 6.07) is 14.7. The Labute approximate surface area is 189 Å². The van der Waals surface area contributed by atoms with Gasteiger partial charge in [0.1, 0.15) is 11.5 Å². The number of nitrogens with zero attached hydrogens (tertiary/aromatic N) is 2. The first-order valence-corrected chi connectivity index (χ1v) is 10.3. The molecular formula is C25H20N2O6. The van der Waals surface area contributed by atoms with Crippen molar-refractivity contribution in [2.75, 3.05) is 13.9 Å². The van der Waals surface area contributed by atoms with Gasteiger partial charge >= 0.3 is 0 Å². The molecule has 1 fully saturated rings. The van der Waals surface area contributed by atoms with Crippen LogP contribution in [0.15, 0.2) is 72.6 Å². The third-order valence-corrected chi connectivity index (χ3v) is 5.70. The van der Waals surface area contributed by atoms with Crippen molar-refractivity contribution in [2.24, 2.45) is 0 Å². The van der Waals surface area contributed by atoms with Gasteiger partial charge < -0.3 is 24.2 Å². The first-order chi connectivity index (χ1) is 16.1. The van der Waals surface area contributed by atoms with Gasteiger partial charge in [-0.2, -0.15) is 0 Å². The van der Waals surface area contributed by atoms with Crippen molar-refractivity contribution in [1.82, 2.24) is 9.88 Å². The van der Waals surface area contributed by atoms with Crippen LogP contribution in [0.2, 0.25) is 0 Å². The predicted molar refractivity (Wildman–Crippen MR) is 118 cm³/mol. The Balaban J connectivity index is 1.66. The van der Waals surface area contributed by atoms with Gasteiger partial charge in [0.15, 0.2) is 11.5 Å². The van der Waals surface area contributed by atoms with E-state index in [0.29, 0.717) is 28.4 Å². The summed E-state index contributed by atoms with van der Waals surface area (Å²) in [5, 5.41) is 11.2. The zero-order chi connectivity index (χ0) is 22.9. The molecule has 3 aromatic rings. The van der Waals surface area contributed by atoms with E-state index in [0.717, 1.165) is 5.56 Å². The zero-order valence-electron chi connectivity index (χ0n) is 17.7. The molecule has 33 heavy (non-hydrogen) atoms. The van der Waals surface area contributed by atoms with Gasteiger partial charge in [-0.15, -0.1) is 0 Å². The van der Waals surface area contributed by atoms with Crippen LogP contribution in [0.5, 0.6) is 17.2 Å². The Morgan fingerprint density at radius 1 is 1.09 bits per heavy atom. The molecule has 0 spiro atoms. The number of hydrogen-bond donors (Lipinski definition) is 1. The first-order valence-electron chi connectivity index (χ1n) is 10.3. The van der Waals surface area contributed by atoms with E-state index in [-0.39, 0.29) is 24.7 Å². The molecule has 2 aliphatic heterocycles. The lowest BCUT2D eigenvalue weighted by molar-refractivity contribution is -0.140. The van der Waals surface area contributed by atoms with E-state index in [9.17, 15) is 14.7 Å². The lowest BCUT2D eigenvalue weighted by atomic mass is 9.94. The molecule has 8 heteroatoms. The summed E-state index contributed by atoms with van der Waals surface area (Å²) in [4.78, 5) is 31.8. The molecule has 8 nitrogen and oxygen atoms in total. The van der Waals surface area contributed by atoms with Crippen molar-refractivity contribution in [3.05, 3.63) is 89.3 Å². The number of aliphatic hydroxyl groups is 1. The van der Waals surface area contributed by atoms with E-state index in [1.807, 2.05) is 0 Å². The minimum Gasteiger partial charge on any atom is -0.507 e. The fraction of sp³-hybridized carbons (Fsp3) is 0.160. The molecule has 3 heterocycles. The molecule has 0 bridgehead atoms. The minimum atomic E-state index is -0.820. The number of rotatable bonds is 5. The zero-order valence-corrected chi connectivity index (χ0v) is 17.7. The second kappa shape index (κ2) is 8.31. The summed E-state index contributed by atoms with van der Waals surface area (Å²) in [5.41, 5.74) is 1.80. The van der Waals surface area contributed by atoms with Crippen LogP contribution in [0.3, 0.4) is 0 Å². The van der Waals surface area contributed by atoms with Crippen LogP contribution in [0.1, 0.15) is 22.7 Å². The third kappa shape index (κ3) is 3.65. The third-order valence-electron chi connectivity index (χ3n) is 5.70. The van der Waals surface area contributed by atoms with Crippen LogP contribution in [0, 0.1) is 0 Å². The fourth-order valence-corrected chi connectivity index (χ4v) is 4.08. The van der Waals surface area contributed by atoms with Gasteiger partial charge in [0.05, 0.1) is 18.7 Å². The van der Waals surface area contributed by atoms with Crippen molar-refractivity contribution in [3.63, 3.8) is 0 Å². The number of Topliss-reactive ketones (excluding diaryl/α,β-unsaturated/α-hetero) is 1. The number of aliphatic hydroxyl groups excluding tert-OH is 1. The monoisotopic (exact) mass is 444 g/mol. The number of fused-ring (bicyclic) bond motifs is 1. The summed E-state index contributed by atoms with van der Waals surface area (Å²) < 4.78 is 16.1. The van der Waals surface area contributed by atoms with Crippen molar-refractivity contribution in [1.29, 1.82) is 0 Å². The average molecular weight is 444 g/mol. The molecule has 0 aliphatic carbocycles. The summed E-state index contributed by atoms with van der Waals surface area (Å²) in [6.07, 6.45) is 3.25. The number of likely N-dealkylation sites (tertiary alicyclic amines) is 1. The molecule has 1 amide bonds. The number of amides is 1. The Bertz CT molecular complexity index is 1270. The van der Waals surface area contributed by atoms with Crippen molar-refractivity contribution in [2.45, 2.75) is 12.6 Å². The number of carbonyl (C=O) groups is 2. The van der Waals surface area contributed by atoms with E-state index in [1.54, 1.807) is 67.0 Å². The van der Waals surface area contributed by atoms with E-state index >= 15 is 0 Å². The number of pyridine rings is 1. The summed E-state index contributed by atoms with van der Waals surface area (Å²) in [6.45, 7) is 0.265. The van der Waals surface area contributed by atoms with Crippen LogP contribution >= 0.6 is 0 Å². The molecular weight excluding hydrogens is 424 g/mol. The molecule has 1 N–H and O–H groups in total. The molecule has 1 atom stereocenters. The Kier molecular flexibility index (Phi) is 5.18. The number of benzene rings is 2. The van der Waals surface area contributed by atoms with Gasteiger partial charge in [-0.1, -0.05) is 18.2 Å². The second-order valence-electron chi connectivity index (χ2n) is 7.63. The van der Waals surface area contributed by atoms with E-state index in [1.165, 1.54) is 12.0 Å². The predicted octanol–water partition coefficient (Wildman–Crippen LogP) is 3.44. The van der Waals surface area contributed by atoms with Crippen LogP contribution < -0.4 is 14.2 Å². The smallest absolute Gasteiger partial charge is 0.295 e. The lowest BCUT2D eigenvalue weighted by Gasteiger charge is -2.25. The number of hydrogen-bond acceptors (Lipinski definition) is 7. The largest absolute Gasteiger partial charge is 0.507 e. The Morgan fingerprint density at radius 2 is 1.88 bits per heavy atom. The van der Waals surface area contributed by atoms with Crippen LogP contribution in [0.4, 0.5) is 0 Å². The Hall–Kier alpha value is -4.33. The second-order valence-corrected chi connectivity index (χ2v) is 7.63. The van der Waals surface area contributed by atoms with Gasteiger partial charge in [0.25, 0.3) is 11.7 Å². The molecule has 0 radical (unpaired) electrons. The van der Waals surface area contributed by atoms with Crippen LogP contribution in [0.25, 0.3) is 5.76 Å². The van der Waals surface area contributed by atoms with Crippen LogP contribution in [-0.2, 0) is 16.1 Å². The Morgan fingerprint density at radius 3 is 2.67 bits per heavy atom. The maximum atomic E-state index is 13.2. The molecule has 2 aliphatic rings. The van der Waals surface area contributed by atoms with E-state index < -0.39 is 17.7 Å². The first kappa shape index (κ1) is 20.6. The highest BCUT2D eigenvalue weighted by Gasteiger charge is 2.46. The maximum Gasteiger partial charge on any atom is 0.295 e. The van der Waals surface area contributed by atoms with Gasteiger partial charge in [-0.3, -0.25) is 14.6 Å². The molecule has 1 aromatic heterocycles. The fourth-order valence-electron chi connectivity index (χ4n) is 4.08. The normalized spacial score (nSPS) is 18.6. The van der Waals surface area contributed by atoms with Crippen LogP contribution in [-0.4, -0.2) is 40.6 Å². The van der Waals surface area contributed by atoms with E-state index in [2.05, 4.69) is 4.98 Å². The van der Waals surface area contributed by atoms with Gasteiger partial charge in [0, 0.05) is 24.5 Å². The molecule has 166 valence electrons. The number of methoxy groups -OCH3 is 1. The molecule has 1 saturated heterocycles. The number of ketones is 1. The highest BCUT2D eigenvalue weighted by atomic mass is 16.7. The standard InChI is InChI=1S/C25H20N2O6/c1-31-18-4-2-3-17(11-18)23(28)21-22(16-5-6-19-20(12-16)33-14-32-19)27(25(30)24(21)29)13-15-7-9-26-10-8-15/h2-12,22,28H,13-14H2,1H3/t22-/m1/s1. The minimum absolute atomic E-state index is 0.00109. The summed E-state index contributed by atoms with van der Waals surface area (Å²) >= 11 is 0. The highest BCUT2D eigenvalue weighted by Crippen LogP contribution is 2.43. The van der Waals surface area contributed by atoms with Gasteiger partial charge in [0.2, 0.25) is 6.79 Å². The van der Waals surface area contributed by atoms with Crippen molar-refractivity contribution >= 4 is 17.4 Å². The molecule has 2 aromatic carbocycles. The van der Waals surface area contributed by atoms with Gasteiger partial charge in [-0.25, -0.2) is 0 Å².